The largest absolute Gasteiger partial charge is 0.495 e. The van der Waals surface area contributed by atoms with Gasteiger partial charge in [-0.25, -0.2) is 4.39 Å². The molecule has 1 aromatic carbocycles. The van der Waals surface area contributed by atoms with Crippen molar-refractivity contribution in [3.05, 3.63) is 28.0 Å². The van der Waals surface area contributed by atoms with E-state index in [4.69, 9.17) is 10.5 Å². The Balaban J connectivity index is 3.22. The van der Waals surface area contributed by atoms with Gasteiger partial charge in [0, 0.05) is 5.56 Å². The number of carbonyl (C=O) groups excluding carboxylic acids is 1. The first-order valence-electron chi connectivity index (χ1n) is 3.86. The molecule has 0 bridgehead atoms. The molecule has 0 spiro atoms. The predicted octanol–water partition coefficient (Wildman–Crippen LogP) is 1.74. The van der Waals surface area contributed by atoms with Crippen LogP contribution in [0.15, 0.2) is 16.6 Å². The van der Waals surface area contributed by atoms with Crippen molar-refractivity contribution in [3.63, 3.8) is 0 Å². The first-order chi connectivity index (χ1) is 6.60. The quantitative estimate of drug-likeness (QED) is 0.844. The Labute approximate surface area is 89.2 Å². The van der Waals surface area contributed by atoms with Crippen molar-refractivity contribution in [2.45, 2.75) is 0 Å². The third kappa shape index (κ3) is 2.10. The number of benzene rings is 1. The zero-order valence-corrected chi connectivity index (χ0v) is 9.10. The molecule has 0 aliphatic heterocycles. The van der Waals surface area contributed by atoms with Crippen LogP contribution in [0.2, 0.25) is 0 Å². The Bertz CT molecular complexity index is 368. The van der Waals surface area contributed by atoms with Crippen molar-refractivity contribution in [1.82, 2.24) is 0 Å². The molecule has 1 rings (SSSR count). The Morgan fingerprint density at radius 2 is 2.29 bits per heavy atom. The molecule has 0 atom stereocenters. The smallest absolute Gasteiger partial charge is 0.176 e. The van der Waals surface area contributed by atoms with Gasteiger partial charge in [-0.05, 0) is 28.1 Å². The minimum atomic E-state index is -0.541. The van der Waals surface area contributed by atoms with Gasteiger partial charge >= 0.3 is 0 Å². The van der Waals surface area contributed by atoms with E-state index in [-0.39, 0.29) is 28.1 Å². The molecule has 1 aromatic rings. The number of hydrogen-bond donors (Lipinski definition) is 1. The number of ether oxygens (including phenoxy) is 1. The van der Waals surface area contributed by atoms with Gasteiger partial charge in [0.15, 0.2) is 5.78 Å². The normalized spacial score (nSPS) is 10.0. The molecule has 0 amide bonds. The van der Waals surface area contributed by atoms with Crippen LogP contribution in [-0.4, -0.2) is 19.4 Å². The molecule has 0 aliphatic carbocycles. The highest BCUT2D eigenvalue weighted by Crippen LogP contribution is 2.29. The van der Waals surface area contributed by atoms with Crippen molar-refractivity contribution in [2.75, 3.05) is 13.7 Å². The number of hydrogen-bond acceptors (Lipinski definition) is 3. The van der Waals surface area contributed by atoms with Crippen molar-refractivity contribution in [1.29, 1.82) is 0 Å². The molecule has 0 saturated carbocycles. The molecule has 0 radical (unpaired) electrons. The summed E-state index contributed by atoms with van der Waals surface area (Å²) in [5.74, 6) is -0.586. The third-order valence-corrected chi connectivity index (χ3v) is 2.49. The summed E-state index contributed by atoms with van der Waals surface area (Å²) in [6, 6.07) is 2.57. The summed E-state index contributed by atoms with van der Waals surface area (Å²) >= 11 is 3.00. The minimum Gasteiger partial charge on any atom is -0.495 e. The van der Waals surface area contributed by atoms with Gasteiger partial charge in [-0.1, -0.05) is 0 Å². The predicted molar refractivity (Wildman–Crippen MR) is 54.0 cm³/mol. The SMILES string of the molecule is COc1cc(C(=O)CN)cc(F)c1Br. The van der Waals surface area contributed by atoms with Crippen LogP contribution in [0, 0.1) is 5.82 Å². The molecule has 5 heteroatoms. The maximum absolute atomic E-state index is 13.2. The number of rotatable bonds is 3. The average molecular weight is 262 g/mol. The van der Waals surface area contributed by atoms with Crippen molar-refractivity contribution in [2.24, 2.45) is 5.73 Å². The number of nitrogens with two attached hydrogens (primary N) is 1. The number of halogens is 2. The first kappa shape index (κ1) is 11.1. The topological polar surface area (TPSA) is 52.3 Å². The fourth-order valence-electron chi connectivity index (χ4n) is 0.991. The van der Waals surface area contributed by atoms with Gasteiger partial charge in [-0.3, -0.25) is 4.79 Å². The van der Waals surface area contributed by atoms with E-state index in [0.717, 1.165) is 6.07 Å². The van der Waals surface area contributed by atoms with E-state index in [1.54, 1.807) is 0 Å². The summed E-state index contributed by atoms with van der Waals surface area (Å²) in [5.41, 5.74) is 5.37. The van der Waals surface area contributed by atoms with E-state index >= 15 is 0 Å². The maximum Gasteiger partial charge on any atom is 0.176 e. The fourth-order valence-corrected chi connectivity index (χ4v) is 1.38. The van der Waals surface area contributed by atoms with Gasteiger partial charge in [0.05, 0.1) is 18.1 Å². The van der Waals surface area contributed by atoms with Crippen LogP contribution in [0.3, 0.4) is 0 Å². The molecule has 0 fully saturated rings. The summed E-state index contributed by atoms with van der Waals surface area (Å²) < 4.78 is 18.3. The maximum atomic E-state index is 13.2. The van der Waals surface area contributed by atoms with E-state index in [0.29, 0.717) is 0 Å². The summed E-state index contributed by atoms with van der Waals surface area (Å²) in [4.78, 5) is 11.2. The van der Waals surface area contributed by atoms with E-state index in [9.17, 15) is 9.18 Å². The number of methoxy groups -OCH3 is 1. The number of ketones is 1. The Hall–Kier alpha value is -0.940. The molecule has 14 heavy (non-hydrogen) atoms. The first-order valence-corrected chi connectivity index (χ1v) is 4.65. The molecule has 3 nitrogen and oxygen atoms in total. The highest BCUT2D eigenvalue weighted by atomic mass is 79.9. The Morgan fingerprint density at radius 1 is 1.64 bits per heavy atom. The Morgan fingerprint density at radius 3 is 2.79 bits per heavy atom. The second-order valence-electron chi connectivity index (χ2n) is 2.60. The van der Waals surface area contributed by atoms with Gasteiger partial charge in [0.2, 0.25) is 0 Å². The van der Waals surface area contributed by atoms with Crippen LogP contribution in [0.4, 0.5) is 4.39 Å². The lowest BCUT2D eigenvalue weighted by molar-refractivity contribution is 0.100. The third-order valence-electron chi connectivity index (χ3n) is 1.72. The van der Waals surface area contributed by atoms with E-state index in [1.807, 2.05) is 0 Å². The molecule has 76 valence electrons. The molecule has 0 saturated heterocycles. The minimum absolute atomic E-state index is 0.149. The van der Waals surface area contributed by atoms with Crippen molar-refractivity contribution < 1.29 is 13.9 Å². The molecule has 0 unspecified atom stereocenters. The standard InChI is InChI=1S/C9H9BrFNO2/c1-14-8-3-5(7(13)4-12)2-6(11)9(8)10/h2-3H,4,12H2,1H3. The lowest BCUT2D eigenvalue weighted by atomic mass is 10.1. The van der Waals surface area contributed by atoms with Crippen LogP contribution >= 0.6 is 15.9 Å². The van der Waals surface area contributed by atoms with Gasteiger partial charge in [-0.2, -0.15) is 0 Å². The van der Waals surface area contributed by atoms with E-state index in [2.05, 4.69) is 15.9 Å². The lowest BCUT2D eigenvalue weighted by Gasteiger charge is -2.06. The van der Waals surface area contributed by atoms with Crippen molar-refractivity contribution >= 4 is 21.7 Å². The van der Waals surface area contributed by atoms with Crippen LogP contribution in [0.1, 0.15) is 10.4 Å². The average Bonchev–Trinajstić information content (AvgIpc) is 2.20. The molecule has 0 aromatic heterocycles. The van der Waals surface area contributed by atoms with Gasteiger partial charge < -0.3 is 10.5 Å². The summed E-state index contributed by atoms with van der Waals surface area (Å²) in [7, 11) is 1.40. The summed E-state index contributed by atoms with van der Waals surface area (Å²) in [6.07, 6.45) is 0. The van der Waals surface area contributed by atoms with Crippen LogP contribution in [0.25, 0.3) is 0 Å². The molecular formula is C9H9BrFNO2. The van der Waals surface area contributed by atoms with Crippen LogP contribution in [0.5, 0.6) is 5.75 Å². The summed E-state index contributed by atoms with van der Waals surface area (Å²) in [5, 5.41) is 0. The second-order valence-corrected chi connectivity index (χ2v) is 3.39. The molecular weight excluding hydrogens is 253 g/mol. The lowest BCUT2D eigenvalue weighted by Crippen LogP contribution is -2.14. The van der Waals surface area contributed by atoms with Crippen molar-refractivity contribution in [3.8, 4) is 5.75 Å². The highest BCUT2D eigenvalue weighted by molar-refractivity contribution is 9.10. The second kappa shape index (κ2) is 4.52. The zero-order valence-electron chi connectivity index (χ0n) is 7.51. The number of carbonyl (C=O) groups is 1. The van der Waals surface area contributed by atoms with Crippen LogP contribution in [-0.2, 0) is 0 Å². The van der Waals surface area contributed by atoms with E-state index in [1.165, 1.54) is 13.2 Å². The van der Waals surface area contributed by atoms with Gasteiger partial charge in [-0.15, -0.1) is 0 Å². The van der Waals surface area contributed by atoms with E-state index < -0.39 is 5.82 Å². The van der Waals surface area contributed by atoms with Gasteiger partial charge in [0.25, 0.3) is 0 Å². The Kier molecular flexibility index (Phi) is 3.60. The number of Topliss-reactive ketones (excluding diaryl/α,β-unsaturated/α-hetero) is 1. The fraction of sp³-hybridized carbons (Fsp3) is 0.222. The zero-order chi connectivity index (χ0) is 10.7. The highest BCUT2D eigenvalue weighted by Gasteiger charge is 2.12. The van der Waals surface area contributed by atoms with Gasteiger partial charge in [0.1, 0.15) is 11.6 Å². The van der Waals surface area contributed by atoms with Crippen LogP contribution < -0.4 is 10.5 Å². The molecule has 0 heterocycles. The molecule has 2 N–H and O–H groups in total. The summed E-state index contributed by atoms with van der Waals surface area (Å²) in [6.45, 7) is -0.149. The molecule has 0 aliphatic rings. The monoisotopic (exact) mass is 261 g/mol.